The standard InChI is InChI=1S/C26H39N3O4S2/c1-35(32,33)27-13-5-4-10-24(30)28-15-11-20(12-16-28)26-17-22(26)21(18-34-26)25(31)29-14-6-8-19-7-2-3-9-23(19)29/h4,10,18-20,22-23,27H,2-3,5-9,11-17H2,1H3/b10-4+. The molecule has 4 unspecified atom stereocenters. The van der Waals surface area contributed by atoms with Crippen LogP contribution in [-0.4, -0.2) is 73.3 Å². The highest BCUT2D eigenvalue weighted by Gasteiger charge is 2.65. The fourth-order valence-electron chi connectivity index (χ4n) is 7.01. The number of nitrogens with one attached hydrogen (secondary N) is 1. The number of hydrogen-bond acceptors (Lipinski definition) is 5. The van der Waals surface area contributed by atoms with E-state index in [0.717, 1.165) is 57.1 Å². The third-order valence-corrected chi connectivity index (χ3v) is 11.2. The molecule has 3 heterocycles. The van der Waals surface area contributed by atoms with Crippen LogP contribution < -0.4 is 4.72 Å². The molecule has 0 aromatic rings. The van der Waals surface area contributed by atoms with Gasteiger partial charge in [0.2, 0.25) is 15.9 Å². The molecule has 2 amide bonds. The van der Waals surface area contributed by atoms with Crippen LogP contribution in [0, 0.1) is 17.8 Å². The molecule has 3 aliphatic heterocycles. The molecule has 194 valence electrons. The molecule has 4 atom stereocenters. The number of thioether (sulfide) groups is 1. The van der Waals surface area contributed by atoms with Gasteiger partial charge >= 0.3 is 0 Å². The van der Waals surface area contributed by atoms with Gasteiger partial charge < -0.3 is 9.80 Å². The van der Waals surface area contributed by atoms with E-state index in [1.54, 1.807) is 12.2 Å². The summed E-state index contributed by atoms with van der Waals surface area (Å²) in [6.45, 7) is 2.74. The average molecular weight is 522 g/mol. The molecule has 0 spiro atoms. The molecule has 2 aliphatic carbocycles. The van der Waals surface area contributed by atoms with Crippen molar-refractivity contribution in [3.8, 4) is 0 Å². The van der Waals surface area contributed by atoms with Crippen LogP contribution in [-0.2, 0) is 19.6 Å². The molecule has 4 fully saturated rings. The molecule has 0 aromatic carbocycles. The Balaban J connectivity index is 1.10. The molecule has 1 N–H and O–H groups in total. The van der Waals surface area contributed by atoms with E-state index in [1.165, 1.54) is 32.1 Å². The Kier molecular flexibility index (Phi) is 7.39. The number of hydrogen-bond donors (Lipinski definition) is 1. The molecule has 5 rings (SSSR count). The Labute approximate surface area is 214 Å². The topological polar surface area (TPSA) is 86.8 Å². The summed E-state index contributed by atoms with van der Waals surface area (Å²) in [6, 6.07) is 0.467. The Morgan fingerprint density at radius 3 is 2.60 bits per heavy atom. The van der Waals surface area contributed by atoms with Crippen LogP contribution in [0.3, 0.4) is 0 Å². The molecule has 7 nitrogen and oxygen atoms in total. The number of piperidine rings is 2. The molecule has 2 saturated heterocycles. The van der Waals surface area contributed by atoms with E-state index in [-0.39, 0.29) is 10.7 Å². The summed E-state index contributed by atoms with van der Waals surface area (Å²) in [6.07, 6.45) is 15.5. The lowest BCUT2D eigenvalue weighted by Gasteiger charge is -2.44. The van der Waals surface area contributed by atoms with E-state index in [0.29, 0.717) is 42.7 Å². The van der Waals surface area contributed by atoms with E-state index in [9.17, 15) is 18.0 Å². The van der Waals surface area contributed by atoms with E-state index in [4.69, 9.17) is 0 Å². The molecule has 5 aliphatic rings. The number of amides is 2. The molecular weight excluding hydrogens is 482 g/mol. The van der Waals surface area contributed by atoms with Gasteiger partial charge in [0.1, 0.15) is 0 Å². The van der Waals surface area contributed by atoms with Crippen LogP contribution in [0.25, 0.3) is 0 Å². The lowest BCUT2D eigenvalue weighted by molar-refractivity contribution is -0.133. The third-order valence-electron chi connectivity index (χ3n) is 8.92. The monoisotopic (exact) mass is 521 g/mol. The summed E-state index contributed by atoms with van der Waals surface area (Å²) >= 11 is 1.90. The average Bonchev–Trinajstić information content (AvgIpc) is 3.47. The quantitative estimate of drug-likeness (QED) is 0.410. The second-order valence-corrected chi connectivity index (χ2v) is 14.2. The minimum atomic E-state index is -3.19. The number of sulfonamides is 1. The van der Waals surface area contributed by atoms with Gasteiger partial charge in [-0.3, -0.25) is 9.59 Å². The Morgan fingerprint density at radius 2 is 1.86 bits per heavy atom. The lowest BCUT2D eigenvalue weighted by Crippen LogP contribution is -2.50. The first kappa shape index (κ1) is 25.3. The SMILES string of the molecule is CS(=O)(=O)NCC/C=C/C(=O)N1CCC(C23CC2C(C(=O)N2CCCC4CCCCC42)=CS3)CC1. The second kappa shape index (κ2) is 10.2. The maximum atomic E-state index is 13.6. The molecular formula is C26H39N3O4S2. The first-order chi connectivity index (χ1) is 16.8. The van der Waals surface area contributed by atoms with Crippen LogP contribution in [0.2, 0.25) is 0 Å². The van der Waals surface area contributed by atoms with Gasteiger partial charge in [-0.2, -0.15) is 0 Å². The molecule has 0 bridgehead atoms. The van der Waals surface area contributed by atoms with Gasteiger partial charge in [0.05, 0.1) is 6.26 Å². The summed E-state index contributed by atoms with van der Waals surface area (Å²) in [7, 11) is -3.19. The molecule has 0 aromatic heterocycles. The first-order valence-electron chi connectivity index (χ1n) is 13.4. The number of rotatable bonds is 7. The Hall–Kier alpha value is -1.32. The highest BCUT2D eigenvalue weighted by Crippen LogP contribution is 2.69. The van der Waals surface area contributed by atoms with Gasteiger partial charge in [-0.1, -0.05) is 18.9 Å². The zero-order valence-electron chi connectivity index (χ0n) is 20.8. The largest absolute Gasteiger partial charge is 0.339 e. The van der Waals surface area contributed by atoms with Crippen molar-refractivity contribution in [2.24, 2.45) is 17.8 Å². The van der Waals surface area contributed by atoms with E-state index >= 15 is 0 Å². The second-order valence-electron chi connectivity index (χ2n) is 11.1. The zero-order valence-corrected chi connectivity index (χ0v) is 22.4. The highest BCUT2D eigenvalue weighted by molar-refractivity contribution is 8.04. The van der Waals surface area contributed by atoms with Crippen molar-refractivity contribution in [3.63, 3.8) is 0 Å². The van der Waals surface area contributed by atoms with E-state index in [2.05, 4.69) is 15.0 Å². The summed E-state index contributed by atoms with van der Waals surface area (Å²) in [5.74, 6) is 2.00. The molecule has 35 heavy (non-hydrogen) atoms. The van der Waals surface area contributed by atoms with Crippen molar-refractivity contribution >= 4 is 33.6 Å². The minimum absolute atomic E-state index is 0.00727. The Bertz CT molecular complexity index is 1000. The summed E-state index contributed by atoms with van der Waals surface area (Å²) in [5, 5.41) is 2.19. The summed E-state index contributed by atoms with van der Waals surface area (Å²) in [4.78, 5) is 30.3. The molecule has 2 saturated carbocycles. The van der Waals surface area contributed by atoms with Crippen molar-refractivity contribution in [2.75, 3.05) is 32.4 Å². The summed E-state index contributed by atoms with van der Waals surface area (Å²) < 4.78 is 24.8. The minimum Gasteiger partial charge on any atom is -0.339 e. The predicted octanol–water partition coefficient (Wildman–Crippen LogP) is 3.29. The van der Waals surface area contributed by atoms with Crippen LogP contribution in [0.1, 0.15) is 64.2 Å². The summed E-state index contributed by atoms with van der Waals surface area (Å²) in [5.41, 5.74) is 1.07. The van der Waals surface area contributed by atoms with Crippen LogP contribution >= 0.6 is 11.8 Å². The maximum Gasteiger partial charge on any atom is 0.250 e. The van der Waals surface area contributed by atoms with Crippen molar-refractivity contribution < 1.29 is 18.0 Å². The predicted molar refractivity (Wildman–Crippen MR) is 139 cm³/mol. The third kappa shape index (κ3) is 5.37. The van der Waals surface area contributed by atoms with E-state index < -0.39 is 10.0 Å². The van der Waals surface area contributed by atoms with Crippen LogP contribution in [0.15, 0.2) is 23.1 Å². The number of fused-ring (bicyclic) bond motifs is 2. The number of nitrogens with zero attached hydrogens (tertiary/aromatic N) is 2. The van der Waals surface area contributed by atoms with Gasteiger partial charge in [0.15, 0.2) is 0 Å². The fraction of sp³-hybridized carbons (Fsp3) is 0.769. The smallest absolute Gasteiger partial charge is 0.250 e. The zero-order chi connectivity index (χ0) is 24.6. The van der Waals surface area contributed by atoms with Gasteiger partial charge in [0.25, 0.3) is 5.91 Å². The van der Waals surface area contributed by atoms with Crippen molar-refractivity contribution in [3.05, 3.63) is 23.1 Å². The van der Waals surface area contributed by atoms with Crippen molar-refractivity contribution in [1.82, 2.24) is 14.5 Å². The van der Waals surface area contributed by atoms with Crippen LogP contribution in [0.5, 0.6) is 0 Å². The molecule has 9 heteroatoms. The van der Waals surface area contributed by atoms with Gasteiger partial charge in [0, 0.05) is 48.5 Å². The highest BCUT2D eigenvalue weighted by atomic mass is 32.2. The van der Waals surface area contributed by atoms with Crippen molar-refractivity contribution in [1.29, 1.82) is 0 Å². The maximum absolute atomic E-state index is 13.6. The molecule has 0 radical (unpaired) electrons. The Morgan fingerprint density at radius 1 is 1.11 bits per heavy atom. The van der Waals surface area contributed by atoms with Gasteiger partial charge in [-0.15, -0.1) is 11.8 Å². The lowest BCUT2D eigenvalue weighted by atomic mass is 9.78. The van der Waals surface area contributed by atoms with Gasteiger partial charge in [-0.25, -0.2) is 13.1 Å². The van der Waals surface area contributed by atoms with Crippen molar-refractivity contribution in [2.45, 2.75) is 75.0 Å². The normalized spacial score (nSPS) is 33.4. The number of carbonyl (C=O) groups excluding carboxylic acids is 2. The fourth-order valence-corrected chi connectivity index (χ4v) is 9.10. The number of carbonyl (C=O) groups is 2. The van der Waals surface area contributed by atoms with Crippen LogP contribution in [0.4, 0.5) is 0 Å². The first-order valence-corrected chi connectivity index (χ1v) is 16.1. The van der Waals surface area contributed by atoms with Gasteiger partial charge in [-0.05, 0) is 74.7 Å². The number of likely N-dealkylation sites (tertiary alicyclic amines) is 2. The van der Waals surface area contributed by atoms with E-state index in [1.807, 2.05) is 16.7 Å².